The number of carbonyl (C=O) groups excluding carboxylic acids is 1. The number of aryl methyl sites for hydroxylation is 1. The van der Waals surface area contributed by atoms with Gasteiger partial charge in [0.2, 0.25) is 0 Å². The predicted octanol–water partition coefficient (Wildman–Crippen LogP) is 1.57. The number of hydrogen-bond donors (Lipinski definition) is 1. The Bertz CT molecular complexity index is 455. The highest BCUT2D eigenvalue weighted by atomic mass is 19.4. The molecule has 0 saturated heterocycles. The van der Waals surface area contributed by atoms with Gasteiger partial charge in [-0.25, -0.2) is 4.98 Å². The van der Waals surface area contributed by atoms with Crippen LogP contribution in [0.25, 0.3) is 0 Å². The summed E-state index contributed by atoms with van der Waals surface area (Å²) >= 11 is 0. The summed E-state index contributed by atoms with van der Waals surface area (Å²) in [5, 5.41) is 0. The molecule has 0 aliphatic heterocycles. The number of nitrogens with two attached hydrogens (primary N) is 1. The second kappa shape index (κ2) is 4.23. The number of hydrogen-bond acceptors (Lipinski definition) is 3. The van der Waals surface area contributed by atoms with Gasteiger partial charge in [0.05, 0.1) is 5.56 Å². The molecular weight excluding hydrogens is 235 g/mol. The first-order valence-electron chi connectivity index (χ1n) is 4.70. The predicted molar refractivity (Wildman–Crippen MR) is 56.8 cm³/mol. The summed E-state index contributed by atoms with van der Waals surface area (Å²) < 4.78 is 37.6. The molecule has 0 radical (unpaired) electrons. The SMILES string of the molecule is Cc1cc(C(F)(F)F)nc(N(C)C)c1C(N)=O. The molecule has 0 unspecified atom stereocenters. The average Bonchev–Trinajstić information content (AvgIpc) is 2.13. The highest BCUT2D eigenvalue weighted by molar-refractivity contribution is 5.99. The molecule has 1 heterocycles. The molecule has 1 rings (SSSR count). The Morgan fingerprint density at radius 1 is 1.41 bits per heavy atom. The van der Waals surface area contributed by atoms with Gasteiger partial charge >= 0.3 is 6.18 Å². The fourth-order valence-electron chi connectivity index (χ4n) is 1.43. The number of alkyl halides is 3. The molecule has 94 valence electrons. The quantitative estimate of drug-likeness (QED) is 0.863. The van der Waals surface area contributed by atoms with Crippen LogP contribution < -0.4 is 10.6 Å². The zero-order chi connectivity index (χ0) is 13.4. The van der Waals surface area contributed by atoms with Crippen LogP contribution in [0.4, 0.5) is 19.0 Å². The Hall–Kier alpha value is -1.79. The van der Waals surface area contributed by atoms with E-state index in [1.165, 1.54) is 25.9 Å². The normalized spacial score (nSPS) is 11.4. The third-order valence-corrected chi connectivity index (χ3v) is 2.16. The van der Waals surface area contributed by atoms with Crippen molar-refractivity contribution in [2.45, 2.75) is 13.1 Å². The number of aromatic nitrogens is 1. The van der Waals surface area contributed by atoms with Crippen molar-refractivity contribution in [1.82, 2.24) is 4.98 Å². The van der Waals surface area contributed by atoms with Crippen LogP contribution in [0.3, 0.4) is 0 Å². The summed E-state index contributed by atoms with van der Waals surface area (Å²) in [6.07, 6.45) is -4.55. The molecule has 7 heteroatoms. The van der Waals surface area contributed by atoms with Gasteiger partial charge < -0.3 is 10.6 Å². The molecule has 4 nitrogen and oxygen atoms in total. The summed E-state index contributed by atoms with van der Waals surface area (Å²) in [7, 11) is 2.99. The van der Waals surface area contributed by atoms with Crippen molar-refractivity contribution in [1.29, 1.82) is 0 Å². The lowest BCUT2D eigenvalue weighted by molar-refractivity contribution is -0.141. The van der Waals surface area contributed by atoms with E-state index in [-0.39, 0.29) is 16.9 Å². The topological polar surface area (TPSA) is 59.2 Å². The molecule has 0 aliphatic rings. The Balaban J connectivity index is 3.52. The lowest BCUT2D eigenvalue weighted by atomic mass is 10.1. The van der Waals surface area contributed by atoms with Crippen LogP contribution in [0.5, 0.6) is 0 Å². The number of carbonyl (C=O) groups is 1. The molecule has 17 heavy (non-hydrogen) atoms. The van der Waals surface area contributed by atoms with Gasteiger partial charge in [0.1, 0.15) is 11.5 Å². The van der Waals surface area contributed by atoms with E-state index in [1.807, 2.05) is 0 Å². The van der Waals surface area contributed by atoms with Gasteiger partial charge in [-0.3, -0.25) is 4.79 Å². The highest BCUT2D eigenvalue weighted by Crippen LogP contribution is 2.31. The Morgan fingerprint density at radius 3 is 2.29 bits per heavy atom. The summed E-state index contributed by atoms with van der Waals surface area (Å²) in [6, 6.07) is 0.813. The molecule has 1 aromatic heterocycles. The highest BCUT2D eigenvalue weighted by Gasteiger charge is 2.34. The first-order chi connectivity index (χ1) is 7.64. The molecule has 0 bridgehead atoms. The zero-order valence-corrected chi connectivity index (χ0v) is 9.59. The lowest BCUT2D eigenvalue weighted by Crippen LogP contribution is -2.23. The first kappa shape index (κ1) is 13.3. The van der Waals surface area contributed by atoms with Gasteiger partial charge in [0.25, 0.3) is 5.91 Å². The van der Waals surface area contributed by atoms with E-state index in [4.69, 9.17) is 5.73 Å². The smallest absolute Gasteiger partial charge is 0.365 e. The van der Waals surface area contributed by atoms with Crippen LogP contribution in [0, 0.1) is 6.92 Å². The second-order valence-electron chi connectivity index (χ2n) is 3.78. The Labute approximate surface area is 96.2 Å². The zero-order valence-electron chi connectivity index (χ0n) is 9.59. The largest absolute Gasteiger partial charge is 0.433 e. The second-order valence-corrected chi connectivity index (χ2v) is 3.78. The van der Waals surface area contributed by atoms with Crippen molar-refractivity contribution < 1.29 is 18.0 Å². The molecule has 0 atom stereocenters. The van der Waals surface area contributed by atoms with Gasteiger partial charge in [0, 0.05) is 14.1 Å². The summed E-state index contributed by atoms with van der Waals surface area (Å²) in [6.45, 7) is 1.39. The van der Waals surface area contributed by atoms with Crippen molar-refractivity contribution in [3.63, 3.8) is 0 Å². The third-order valence-electron chi connectivity index (χ3n) is 2.16. The number of rotatable bonds is 2. The summed E-state index contributed by atoms with van der Waals surface area (Å²) in [5.74, 6) is -0.878. The minimum Gasteiger partial charge on any atom is -0.365 e. The Morgan fingerprint density at radius 2 is 1.94 bits per heavy atom. The minimum atomic E-state index is -4.55. The molecule has 0 fully saturated rings. The van der Waals surface area contributed by atoms with E-state index < -0.39 is 17.8 Å². The van der Waals surface area contributed by atoms with Crippen LogP contribution in [-0.2, 0) is 6.18 Å². The maximum absolute atomic E-state index is 12.5. The molecule has 0 saturated carbocycles. The van der Waals surface area contributed by atoms with Gasteiger partial charge in [-0.05, 0) is 18.6 Å². The van der Waals surface area contributed by atoms with Crippen LogP contribution in [-0.4, -0.2) is 25.0 Å². The maximum Gasteiger partial charge on any atom is 0.433 e. The van der Waals surface area contributed by atoms with Gasteiger partial charge in [0.15, 0.2) is 0 Å². The van der Waals surface area contributed by atoms with E-state index in [1.54, 1.807) is 0 Å². The van der Waals surface area contributed by atoms with E-state index in [0.717, 1.165) is 6.07 Å². The summed E-state index contributed by atoms with van der Waals surface area (Å²) in [5.41, 5.74) is 4.25. The van der Waals surface area contributed by atoms with Gasteiger partial charge in [-0.15, -0.1) is 0 Å². The van der Waals surface area contributed by atoms with Crippen molar-refractivity contribution in [3.8, 4) is 0 Å². The number of primary amides is 1. The van der Waals surface area contributed by atoms with E-state index >= 15 is 0 Å². The van der Waals surface area contributed by atoms with Crippen LogP contribution in [0.2, 0.25) is 0 Å². The van der Waals surface area contributed by atoms with Crippen molar-refractivity contribution in [2.75, 3.05) is 19.0 Å². The number of nitrogens with zero attached hydrogens (tertiary/aromatic N) is 2. The number of anilines is 1. The maximum atomic E-state index is 12.5. The third kappa shape index (κ3) is 2.66. The molecule has 0 aromatic carbocycles. The lowest BCUT2D eigenvalue weighted by Gasteiger charge is -2.18. The van der Waals surface area contributed by atoms with Gasteiger partial charge in [-0.1, -0.05) is 0 Å². The van der Waals surface area contributed by atoms with E-state index in [0.29, 0.717) is 0 Å². The molecule has 0 spiro atoms. The van der Waals surface area contributed by atoms with Crippen LogP contribution in [0.15, 0.2) is 6.07 Å². The van der Waals surface area contributed by atoms with Crippen LogP contribution >= 0.6 is 0 Å². The standard InChI is InChI=1S/C10H12F3N3O/c1-5-4-6(10(11,12)13)15-9(16(2)3)7(5)8(14)17/h4H,1-3H3,(H2,14,17). The average molecular weight is 247 g/mol. The van der Waals surface area contributed by atoms with E-state index in [9.17, 15) is 18.0 Å². The van der Waals surface area contributed by atoms with Crippen molar-refractivity contribution >= 4 is 11.7 Å². The van der Waals surface area contributed by atoms with Crippen LogP contribution in [0.1, 0.15) is 21.6 Å². The number of amides is 1. The number of pyridine rings is 1. The molecule has 1 aromatic rings. The molecular formula is C10H12F3N3O. The minimum absolute atomic E-state index is 0.00278. The molecule has 2 N–H and O–H groups in total. The first-order valence-corrected chi connectivity index (χ1v) is 4.70. The number of halogens is 3. The summed E-state index contributed by atoms with van der Waals surface area (Å²) in [4.78, 5) is 15.9. The van der Waals surface area contributed by atoms with E-state index in [2.05, 4.69) is 4.98 Å². The fraction of sp³-hybridized carbons (Fsp3) is 0.400. The molecule has 0 aliphatic carbocycles. The fourth-order valence-corrected chi connectivity index (χ4v) is 1.43. The van der Waals surface area contributed by atoms with Crippen molar-refractivity contribution in [2.24, 2.45) is 5.73 Å². The van der Waals surface area contributed by atoms with Gasteiger partial charge in [-0.2, -0.15) is 13.2 Å². The monoisotopic (exact) mass is 247 g/mol. The van der Waals surface area contributed by atoms with Crippen molar-refractivity contribution in [3.05, 3.63) is 22.9 Å². The molecule has 1 amide bonds. The Kier molecular flexibility index (Phi) is 3.30.